The second-order valence-corrected chi connectivity index (χ2v) is 9.32. The van der Waals surface area contributed by atoms with Crippen molar-refractivity contribution in [2.75, 3.05) is 0 Å². The van der Waals surface area contributed by atoms with Crippen molar-refractivity contribution < 1.29 is 13.2 Å². The Kier molecular flexibility index (Phi) is 7.98. The van der Waals surface area contributed by atoms with E-state index in [1.54, 1.807) is 18.2 Å². The van der Waals surface area contributed by atoms with Crippen LogP contribution in [0.4, 0.5) is 0 Å². The highest BCUT2D eigenvalue weighted by molar-refractivity contribution is 7.89. The van der Waals surface area contributed by atoms with Gasteiger partial charge in [-0.1, -0.05) is 78.9 Å². The maximum absolute atomic E-state index is 13.0. The van der Waals surface area contributed by atoms with Crippen LogP contribution in [0, 0.1) is 0 Å². The zero-order valence-corrected chi connectivity index (χ0v) is 18.4. The lowest BCUT2D eigenvalue weighted by Crippen LogP contribution is -2.50. The molecule has 0 unspecified atom stereocenters. The smallest absolute Gasteiger partial charge is 0.241 e. The number of amides is 1. The predicted octanol–water partition coefficient (Wildman–Crippen LogP) is 3.71. The molecule has 3 rings (SSSR count). The van der Waals surface area contributed by atoms with Gasteiger partial charge in [-0.05, 0) is 49.4 Å². The van der Waals surface area contributed by atoms with E-state index in [-0.39, 0.29) is 23.3 Å². The summed E-state index contributed by atoms with van der Waals surface area (Å²) in [5.74, 6) is -0.330. The molecule has 3 aromatic rings. The first kappa shape index (κ1) is 22.7. The number of nitrogens with one attached hydrogen (secondary N) is 2. The molecule has 2 atom stereocenters. The van der Waals surface area contributed by atoms with Gasteiger partial charge in [-0.3, -0.25) is 4.79 Å². The van der Waals surface area contributed by atoms with Gasteiger partial charge < -0.3 is 5.32 Å². The van der Waals surface area contributed by atoms with Crippen LogP contribution in [0.15, 0.2) is 95.9 Å². The van der Waals surface area contributed by atoms with E-state index in [2.05, 4.69) is 22.2 Å². The summed E-state index contributed by atoms with van der Waals surface area (Å²) in [7, 11) is -3.83. The number of carbonyl (C=O) groups is 1. The normalized spacial score (nSPS) is 13.3. The highest BCUT2D eigenvalue weighted by Crippen LogP contribution is 2.12. The van der Waals surface area contributed by atoms with Crippen LogP contribution in [-0.2, 0) is 27.7 Å². The molecule has 0 aliphatic heterocycles. The fourth-order valence-corrected chi connectivity index (χ4v) is 4.55. The molecule has 0 saturated heterocycles. The monoisotopic (exact) mass is 436 g/mol. The second kappa shape index (κ2) is 10.9. The molecule has 0 heterocycles. The lowest BCUT2D eigenvalue weighted by Gasteiger charge is -2.22. The van der Waals surface area contributed by atoms with Crippen molar-refractivity contribution in [3.8, 4) is 0 Å². The topological polar surface area (TPSA) is 75.3 Å². The molecule has 0 bridgehead atoms. The van der Waals surface area contributed by atoms with Crippen molar-refractivity contribution in [2.24, 2.45) is 0 Å². The Labute approximate surface area is 184 Å². The lowest BCUT2D eigenvalue weighted by molar-refractivity contribution is -0.123. The molecule has 5 nitrogen and oxygen atoms in total. The summed E-state index contributed by atoms with van der Waals surface area (Å²) in [6.07, 6.45) is 1.87. The van der Waals surface area contributed by atoms with Gasteiger partial charge in [-0.2, -0.15) is 4.72 Å². The Balaban J connectivity index is 1.70. The lowest BCUT2D eigenvalue weighted by atomic mass is 10.0. The van der Waals surface area contributed by atoms with E-state index in [0.29, 0.717) is 0 Å². The van der Waals surface area contributed by atoms with Gasteiger partial charge in [-0.15, -0.1) is 0 Å². The van der Waals surface area contributed by atoms with Crippen LogP contribution in [0.1, 0.15) is 24.5 Å². The second-order valence-electron chi connectivity index (χ2n) is 7.61. The van der Waals surface area contributed by atoms with Crippen molar-refractivity contribution in [2.45, 2.75) is 43.2 Å². The van der Waals surface area contributed by atoms with Crippen LogP contribution in [0.25, 0.3) is 0 Å². The summed E-state index contributed by atoms with van der Waals surface area (Å²) in [5, 5.41) is 2.98. The molecule has 0 spiro atoms. The number of hydrogen-bond donors (Lipinski definition) is 2. The van der Waals surface area contributed by atoms with E-state index < -0.39 is 16.1 Å². The summed E-state index contributed by atoms with van der Waals surface area (Å²) in [4.78, 5) is 13.2. The van der Waals surface area contributed by atoms with Crippen LogP contribution in [0.3, 0.4) is 0 Å². The van der Waals surface area contributed by atoms with Gasteiger partial charge in [0, 0.05) is 6.04 Å². The van der Waals surface area contributed by atoms with Crippen molar-refractivity contribution in [1.29, 1.82) is 0 Å². The van der Waals surface area contributed by atoms with E-state index in [4.69, 9.17) is 0 Å². The molecule has 0 fully saturated rings. The van der Waals surface area contributed by atoms with Crippen LogP contribution in [-0.4, -0.2) is 26.4 Å². The summed E-state index contributed by atoms with van der Waals surface area (Å²) < 4.78 is 28.3. The fraction of sp³-hybridized carbons (Fsp3) is 0.240. The van der Waals surface area contributed by atoms with Crippen LogP contribution >= 0.6 is 0 Å². The quantitative estimate of drug-likeness (QED) is 0.509. The molecule has 2 N–H and O–H groups in total. The van der Waals surface area contributed by atoms with Gasteiger partial charge in [0.15, 0.2) is 0 Å². The van der Waals surface area contributed by atoms with Crippen molar-refractivity contribution in [1.82, 2.24) is 10.0 Å². The minimum atomic E-state index is -3.83. The zero-order chi connectivity index (χ0) is 22.1. The molecule has 31 heavy (non-hydrogen) atoms. The summed E-state index contributed by atoms with van der Waals surface area (Å²) in [5.41, 5.74) is 2.09. The maximum atomic E-state index is 13.0. The molecule has 6 heteroatoms. The Hall–Kier alpha value is -2.96. The van der Waals surface area contributed by atoms with Crippen LogP contribution in [0.5, 0.6) is 0 Å². The van der Waals surface area contributed by atoms with E-state index in [0.717, 1.165) is 18.4 Å². The predicted molar refractivity (Wildman–Crippen MR) is 123 cm³/mol. The maximum Gasteiger partial charge on any atom is 0.241 e. The van der Waals surface area contributed by atoms with Gasteiger partial charge in [-0.25, -0.2) is 8.42 Å². The molecule has 0 aromatic heterocycles. The van der Waals surface area contributed by atoms with Gasteiger partial charge in [0.25, 0.3) is 0 Å². The molecular weight excluding hydrogens is 408 g/mol. The standard InChI is InChI=1S/C25H28N2O3S/c1-20(17-18-21-11-5-2-6-12-21)26-25(28)24(19-22-13-7-3-8-14-22)27-31(29,30)23-15-9-4-10-16-23/h2-16,20,24,27H,17-19H2,1H3,(H,26,28)/t20-,24-/m1/s1. The van der Waals surface area contributed by atoms with Crippen molar-refractivity contribution >= 4 is 15.9 Å². The average molecular weight is 437 g/mol. The largest absolute Gasteiger partial charge is 0.352 e. The first-order chi connectivity index (χ1) is 14.9. The van der Waals surface area contributed by atoms with E-state index in [1.165, 1.54) is 17.7 Å². The molecule has 0 aliphatic carbocycles. The van der Waals surface area contributed by atoms with E-state index in [9.17, 15) is 13.2 Å². The SMILES string of the molecule is C[C@H](CCc1ccccc1)NC(=O)[C@@H](Cc1ccccc1)NS(=O)(=O)c1ccccc1. The number of hydrogen-bond acceptors (Lipinski definition) is 3. The van der Waals surface area contributed by atoms with Crippen molar-refractivity contribution in [3.05, 3.63) is 102 Å². The Morgan fingerprint density at radius 2 is 1.32 bits per heavy atom. The molecule has 1 amide bonds. The Morgan fingerprint density at radius 3 is 1.90 bits per heavy atom. The van der Waals surface area contributed by atoms with Crippen LogP contribution < -0.4 is 10.0 Å². The Morgan fingerprint density at radius 1 is 0.806 bits per heavy atom. The third-order valence-electron chi connectivity index (χ3n) is 5.05. The summed E-state index contributed by atoms with van der Waals surface area (Å²) in [6, 6.07) is 26.6. The number of rotatable bonds is 10. The molecule has 3 aromatic carbocycles. The van der Waals surface area contributed by atoms with Crippen molar-refractivity contribution in [3.63, 3.8) is 0 Å². The molecular formula is C25H28N2O3S. The molecule has 0 aliphatic rings. The minimum absolute atomic E-state index is 0.0905. The first-order valence-corrected chi connectivity index (χ1v) is 11.9. The third kappa shape index (κ3) is 7.05. The summed E-state index contributed by atoms with van der Waals surface area (Å²) >= 11 is 0. The number of aryl methyl sites for hydroxylation is 1. The number of sulfonamides is 1. The van der Waals surface area contributed by atoms with Gasteiger partial charge in [0.1, 0.15) is 6.04 Å². The highest BCUT2D eigenvalue weighted by Gasteiger charge is 2.26. The Bertz CT molecular complexity index is 1060. The van der Waals surface area contributed by atoms with Crippen LogP contribution in [0.2, 0.25) is 0 Å². The van der Waals surface area contributed by atoms with Gasteiger partial charge in [0.2, 0.25) is 15.9 Å². The number of carbonyl (C=O) groups excluding carboxylic acids is 1. The fourth-order valence-electron chi connectivity index (χ4n) is 3.34. The highest BCUT2D eigenvalue weighted by atomic mass is 32.2. The molecule has 162 valence electrons. The molecule has 0 radical (unpaired) electrons. The van der Waals surface area contributed by atoms with Gasteiger partial charge >= 0.3 is 0 Å². The number of benzene rings is 3. The summed E-state index contributed by atoms with van der Waals surface area (Å²) in [6.45, 7) is 1.94. The zero-order valence-electron chi connectivity index (χ0n) is 17.6. The minimum Gasteiger partial charge on any atom is -0.352 e. The average Bonchev–Trinajstić information content (AvgIpc) is 2.79. The van der Waals surface area contributed by atoms with E-state index >= 15 is 0 Å². The van der Waals surface area contributed by atoms with Gasteiger partial charge in [0.05, 0.1) is 4.90 Å². The first-order valence-electron chi connectivity index (χ1n) is 10.4. The van der Waals surface area contributed by atoms with E-state index in [1.807, 2.05) is 55.5 Å². The third-order valence-corrected chi connectivity index (χ3v) is 6.54. The molecule has 0 saturated carbocycles.